The SMILES string of the molecule is COc1ccc(OC)c(N2C(=O)C(Cl)=C(Nc3ccc(C(=O)Nc4ccc(Oc5ccccc5)cc4)cc3)C2=O)c1. The Hall–Kier alpha value is -5.28. The zero-order valence-electron chi connectivity index (χ0n) is 22.0. The first kappa shape index (κ1) is 27.3. The normalized spacial score (nSPS) is 12.8. The van der Waals surface area contributed by atoms with Crippen molar-refractivity contribution in [1.29, 1.82) is 0 Å². The van der Waals surface area contributed by atoms with E-state index in [9.17, 15) is 14.4 Å². The highest BCUT2D eigenvalue weighted by atomic mass is 35.5. The fourth-order valence-corrected chi connectivity index (χ4v) is 4.30. The van der Waals surface area contributed by atoms with Gasteiger partial charge in [0, 0.05) is 23.0 Å². The van der Waals surface area contributed by atoms with E-state index in [-0.39, 0.29) is 22.3 Å². The number of carbonyl (C=O) groups is 3. The molecule has 0 aliphatic carbocycles. The van der Waals surface area contributed by atoms with Crippen LogP contribution in [0.2, 0.25) is 0 Å². The van der Waals surface area contributed by atoms with Gasteiger partial charge in [0.2, 0.25) is 0 Å². The number of anilines is 3. The summed E-state index contributed by atoms with van der Waals surface area (Å²) in [5, 5.41) is 5.45. The highest BCUT2D eigenvalue weighted by molar-refractivity contribution is 6.53. The monoisotopic (exact) mass is 569 g/mol. The number of ether oxygens (including phenoxy) is 3. The van der Waals surface area contributed by atoms with E-state index >= 15 is 0 Å². The number of methoxy groups -OCH3 is 2. The van der Waals surface area contributed by atoms with Gasteiger partial charge in [-0.3, -0.25) is 14.4 Å². The maximum atomic E-state index is 13.2. The second-order valence-corrected chi connectivity index (χ2v) is 9.15. The summed E-state index contributed by atoms with van der Waals surface area (Å²) in [6.07, 6.45) is 0. The fourth-order valence-electron chi connectivity index (χ4n) is 4.09. The number of carbonyl (C=O) groups excluding carboxylic acids is 3. The van der Waals surface area contributed by atoms with Crippen molar-refractivity contribution >= 4 is 46.4 Å². The number of hydrogen-bond donors (Lipinski definition) is 2. The van der Waals surface area contributed by atoms with Crippen LogP contribution in [0.5, 0.6) is 23.0 Å². The highest BCUT2D eigenvalue weighted by Crippen LogP contribution is 2.38. The average Bonchev–Trinajstić information content (AvgIpc) is 3.21. The molecule has 41 heavy (non-hydrogen) atoms. The number of para-hydroxylation sites is 1. The maximum absolute atomic E-state index is 13.2. The molecule has 0 aromatic heterocycles. The summed E-state index contributed by atoms with van der Waals surface area (Å²) < 4.78 is 16.3. The van der Waals surface area contributed by atoms with Gasteiger partial charge in [0.05, 0.1) is 19.9 Å². The van der Waals surface area contributed by atoms with Gasteiger partial charge >= 0.3 is 0 Å². The van der Waals surface area contributed by atoms with Gasteiger partial charge in [-0.25, -0.2) is 4.90 Å². The van der Waals surface area contributed by atoms with Crippen LogP contribution in [0.15, 0.2) is 108 Å². The van der Waals surface area contributed by atoms with Gasteiger partial charge in [0.1, 0.15) is 33.7 Å². The Labute approximate surface area is 240 Å². The summed E-state index contributed by atoms with van der Waals surface area (Å²) in [6, 6.07) is 27.5. The topological polar surface area (TPSA) is 106 Å². The zero-order valence-corrected chi connectivity index (χ0v) is 22.8. The zero-order chi connectivity index (χ0) is 28.9. The van der Waals surface area contributed by atoms with Crippen LogP contribution in [0.4, 0.5) is 17.1 Å². The number of benzene rings is 4. The summed E-state index contributed by atoms with van der Waals surface area (Å²) in [6.45, 7) is 0. The molecule has 2 N–H and O–H groups in total. The van der Waals surface area contributed by atoms with Crippen LogP contribution >= 0.6 is 11.6 Å². The number of rotatable bonds is 9. The summed E-state index contributed by atoms with van der Waals surface area (Å²) in [7, 11) is 2.90. The van der Waals surface area contributed by atoms with E-state index in [1.807, 2.05) is 30.3 Å². The van der Waals surface area contributed by atoms with Crippen LogP contribution in [0.1, 0.15) is 10.4 Å². The molecule has 0 saturated heterocycles. The standard InChI is InChI=1S/C31H24ClN3O6/c1-39-24-16-17-26(40-2)25(18-24)35-30(37)27(32)28(31(35)38)33-20-10-8-19(9-11-20)29(36)34-21-12-14-23(15-13-21)41-22-6-4-3-5-7-22/h3-18,33H,1-2H3,(H,34,36). The third-order valence-corrected chi connectivity index (χ3v) is 6.51. The Kier molecular flexibility index (Phi) is 7.89. The van der Waals surface area contributed by atoms with Gasteiger partial charge in [-0.1, -0.05) is 29.8 Å². The molecule has 0 radical (unpaired) electrons. The second kappa shape index (κ2) is 11.8. The van der Waals surface area contributed by atoms with Crippen LogP contribution in [0, 0.1) is 0 Å². The number of amides is 3. The predicted molar refractivity (Wildman–Crippen MR) is 156 cm³/mol. The average molecular weight is 570 g/mol. The molecule has 1 aliphatic heterocycles. The van der Waals surface area contributed by atoms with Crippen molar-refractivity contribution < 1.29 is 28.6 Å². The van der Waals surface area contributed by atoms with Gasteiger partial charge in [0.25, 0.3) is 17.7 Å². The molecular weight excluding hydrogens is 546 g/mol. The van der Waals surface area contributed by atoms with E-state index in [1.165, 1.54) is 20.3 Å². The van der Waals surface area contributed by atoms with E-state index in [4.69, 9.17) is 25.8 Å². The predicted octanol–water partition coefficient (Wildman–Crippen LogP) is 6.18. The molecule has 0 unspecified atom stereocenters. The molecular formula is C31H24ClN3O6. The third kappa shape index (κ3) is 5.85. The molecule has 10 heteroatoms. The molecule has 3 amide bonds. The smallest absolute Gasteiger partial charge is 0.283 e. The molecule has 9 nitrogen and oxygen atoms in total. The maximum Gasteiger partial charge on any atom is 0.283 e. The lowest BCUT2D eigenvalue weighted by atomic mass is 10.2. The Morgan fingerprint density at radius 3 is 2.02 bits per heavy atom. The Morgan fingerprint density at radius 2 is 1.37 bits per heavy atom. The fraction of sp³-hybridized carbons (Fsp3) is 0.0645. The van der Waals surface area contributed by atoms with Crippen molar-refractivity contribution in [3.63, 3.8) is 0 Å². The van der Waals surface area contributed by atoms with Crippen LogP contribution in [0.25, 0.3) is 0 Å². The Morgan fingerprint density at radius 1 is 0.732 bits per heavy atom. The van der Waals surface area contributed by atoms with Gasteiger partial charge in [0.15, 0.2) is 0 Å². The van der Waals surface area contributed by atoms with Gasteiger partial charge in [-0.15, -0.1) is 0 Å². The van der Waals surface area contributed by atoms with Crippen LogP contribution in [-0.2, 0) is 9.59 Å². The van der Waals surface area contributed by atoms with E-state index in [0.29, 0.717) is 39.9 Å². The summed E-state index contributed by atoms with van der Waals surface area (Å²) in [5.41, 5.74) is 1.53. The van der Waals surface area contributed by atoms with Crippen molar-refractivity contribution in [3.8, 4) is 23.0 Å². The van der Waals surface area contributed by atoms with E-state index < -0.39 is 11.8 Å². The Bertz CT molecular complexity index is 1640. The van der Waals surface area contributed by atoms with Crippen molar-refractivity contribution in [1.82, 2.24) is 0 Å². The minimum absolute atomic E-state index is 0.100. The van der Waals surface area contributed by atoms with Crippen molar-refractivity contribution in [2.75, 3.05) is 29.8 Å². The third-order valence-electron chi connectivity index (χ3n) is 6.16. The molecule has 0 fully saturated rings. The molecule has 5 rings (SSSR count). The number of nitrogens with one attached hydrogen (secondary N) is 2. The van der Waals surface area contributed by atoms with Crippen LogP contribution in [-0.4, -0.2) is 31.9 Å². The summed E-state index contributed by atoms with van der Waals surface area (Å²) in [5.74, 6) is 0.396. The minimum atomic E-state index is -0.707. The summed E-state index contributed by atoms with van der Waals surface area (Å²) >= 11 is 6.28. The molecule has 4 aromatic rings. The van der Waals surface area contributed by atoms with Crippen LogP contribution in [0.3, 0.4) is 0 Å². The van der Waals surface area contributed by atoms with Crippen molar-refractivity contribution in [2.24, 2.45) is 0 Å². The van der Waals surface area contributed by atoms with E-state index in [0.717, 1.165) is 4.90 Å². The molecule has 0 atom stereocenters. The largest absolute Gasteiger partial charge is 0.497 e. The lowest BCUT2D eigenvalue weighted by Gasteiger charge is -2.19. The van der Waals surface area contributed by atoms with Gasteiger partial charge in [-0.2, -0.15) is 0 Å². The molecule has 1 aliphatic rings. The van der Waals surface area contributed by atoms with Gasteiger partial charge in [-0.05, 0) is 72.8 Å². The van der Waals surface area contributed by atoms with Gasteiger partial charge < -0.3 is 24.8 Å². The molecule has 206 valence electrons. The first-order valence-corrected chi connectivity index (χ1v) is 12.8. The number of hydrogen-bond acceptors (Lipinski definition) is 7. The van der Waals surface area contributed by atoms with Crippen LogP contribution < -0.4 is 29.7 Å². The lowest BCUT2D eigenvalue weighted by molar-refractivity contribution is -0.120. The first-order chi connectivity index (χ1) is 19.9. The summed E-state index contributed by atoms with van der Waals surface area (Å²) in [4.78, 5) is 39.9. The number of halogens is 1. The quantitative estimate of drug-likeness (QED) is 0.232. The second-order valence-electron chi connectivity index (χ2n) is 8.77. The highest BCUT2D eigenvalue weighted by Gasteiger charge is 2.40. The Balaban J connectivity index is 1.24. The van der Waals surface area contributed by atoms with E-state index in [1.54, 1.807) is 60.7 Å². The molecule has 0 bridgehead atoms. The molecule has 0 spiro atoms. The first-order valence-electron chi connectivity index (χ1n) is 12.4. The number of imide groups is 1. The molecule has 1 heterocycles. The minimum Gasteiger partial charge on any atom is -0.497 e. The molecule has 4 aromatic carbocycles. The molecule has 0 saturated carbocycles. The van der Waals surface area contributed by atoms with Crippen molar-refractivity contribution in [3.05, 3.63) is 113 Å². The lowest BCUT2D eigenvalue weighted by Crippen LogP contribution is -2.32. The van der Waals surface area contributed by atoms with Crippen molar-refractivity contribution in [2.45, 2.75) is 0 Å². The van der Waals surface area contributed by atoms with E-state index in [2.05, 4.69) is 10.6 Å². The number of nitrogens with zero attached hydrogens (tertiary/aromatic N) is 1.